The first-order valence-corrected chi connectivity index (χ1v) is 8.94. The third-order valence-corrected chi connectivity index (χ3v) is 5.26. The van der Waals surface area contributed by atoms with Crippen molar-refractivity contribution in [3.05, 3.63) is 0 Å². The molecule has 0 aromatic rings. The molecule has 2 atom stereocenters. The van der Waals surface area contributed by atoms with Crippen molar-refractivity contribution in [2.45, 2.75) is 39.2 Å². The van der Waals surface area contributed by atoms with Crippen molar-refractivity contribution in [2.75, 3.05) is 39.8 Å². The van der Waals surface area contributed by atoms with Crippen LogP contribution in [0.3, 0.4) is 0 Å². The summed E-state index contributed by atoms with van der Waals surface area (Å²) in [6.07, 6.45) is 2.98. The highest BCUT2D eigenvalue weighted by Gasteiger charge is 2.26. The van der Waals surface area contributed by atoms with Crippen LogP contribution in [0.4, 0.5) is 0 Å². The fraction of sp³-hybridized carbons (Fsp3) is 1.00. The number of nitrogens with zero attached hydrogens (tertiary/aromatic N) is 1. The zero-order valence-electron chi connectivity index (χ0n) is 12.9. The minimum Gasteiger partial charge on any atom is -0.378 e. The van der Waals surface area contributed by atoms with E-state index in [9.17, 15) is 8.42 Å². The molecular weight excluding hydrogens is 278 g/mol. The van der Waals surface area contributed by atoms with E-state index in [4.69, 9.17) is 4.74 Å². The SMILES string of the molecule is CCCNCCCN(C)S(=O)(=O)NCC1CCOC1C. The number of hydrogen-bond donors (Lipinski definition) is 2. The maximum Gasteiger partial charge on any atom is 0.279 e. The van der Waals surface area contributed by atoms with Gasteiger partial charge in [-0.15, -0.1) is 0 Å². The van der Waals surface area contributed by atoms with Gasteiger partial charge < -0.3 is 10.1 Å². The van der Waals surface area contributed by atoms with Crippen LogP contribution >= 0.6 is 0 Å². The van der Waals surface area contributed by atoms with Crippen molar-refractivity contribution in [2.24, 2.45) is 5.92 Å². The van der Waals surface area contributed by atoms with Crippen molar-refractivity contribution >= 4 is 10.2 Å². The van der Waals surface area contributed by atoms with E-state index in [1.807, 2.05) is 6.92 Å². The van der Waals surface area contributed by atoms with E-state index < -0.39 is 10.2 Å². The van der Waals surface area contributed by atoms with E-state index >= 15 is 0 Å². The van der Waals surface area contributed by atoms with Crippen LogP contribution in [0.25, 0.3) is 0 Å². The summed E-state index contributed by atoms with van der Waals surface area (Å²) in [7, 11) is -1.74. The predicted molar refractivity (Wildman–Crippen MR) is 80.9 cm³/mol. The summed E-state index contributed by atoms with van der Waals surface area (Å²) in [5.41, 5.74) is 0. The fourth-order valence-electron chi connectivity index (χ4n) is 2.22. The molecule has 2 N–H and O–H groups in total. The van der Waals surface area contributed by atoms with Crippen LogP contribution in [0, 0.1) is 5.92 Å². The average Bonchev–Trinajstić information content (AvgIpc) is 2.81. The molecule has 1 aliphatic heterocycles. The second kappa shape index (κ2) is 8.94. The molecule has 20 heavy (non-hydrogen) atoms. The van der Waals surface area contributed by atoms with Crippen LogP contribution in [0.2, 0.25) is 0 Å². The first kappa shape index (κ1) is 17.8. The second-order valence-electron chi connectivity index (χ2n) is 5.40. The van der Waals surface area contributed by atoms with Crippen molar-refractivity contribution in [1.29, 1.82) is 0 Å². The van der Waals surface area contributed by atoms with Gasteiger partial charge in [0, 0.05) is 32.7 Å². The highest BCUT2D eigenvalue weighted by Crippen LogP contribution is 2.19. The van der Waals surface area contributed by atoms with Gasteiger partial charge in [-0.05, 0) is 39.3 Å². The van der Waals surface area contributed by atoms with Gasteiger partial charge in [-0.1, -0.05) is 6.92 Å². The minimum absolute atomic E-state index is 0.140. The van der Waals surface area contributed by atoms with Gasteiger partial charge in [0.25, 0.3) is 10.2 Å². The van der Waals surface area contributed by atoms with Gasteiger partial charge in [-0.3, -0.25) is 0 Å². The van der Waals surface area contributed by atoms with Gasteiger partial charge in [0.15, 0.2) is 0 Å². The van der Waals surface area contributed by atoms with Crippen molar-refractivity contribution in [3.63, 3.8) is 0 Å². The maximum absolute atomic E-state index is 12.1. The summed E-state index contributed by atoms with van der Waals surface area (Å²) in [6, 6.07) is 0. The van der Waals surface area contributed by atoms with Gasteiger partial charge in [0.2, 0.25) is 0 Å². The molecule has 1 heterocycles. The van der Waals surface area contributed by atoms with Crippen LogP contribution in [0.5, 0.6) is 0 Å². The number of rotatable bonds is 10. The Bertz CT molecular complexity index is 362. The molecule has 2 unspecified atom stereocenters. The summed E-state index contributed by atoms with van der Waals surface area (Å²) in [5, 5.41) is 3.27. The molecule has 1 fully saturated rings. The molecule has 0 aliphatic carbocycles. The molecular formula is C13H29N3O3S. The molecule has 0 radical (unpaired) electrons. The lowest BCUT2D eigenvalue weighted by molar-refractivity contribution is 0.106. The molecule has 6 nitrogen and oxygen atoms in total. The Morgan fingerprint density at radius 3 is 2.70 bits per heavy atom. The smallest absolute Gasteiger partial charge is 0.279 e. The van der Waals surface area contributed by atoms with Gasteiger partial charge in [-0.2, -0.15) is 12.7 Å². The van der Waals surface area contributed by atoms with Crippen molar-refractivity contribution < 1.29 is 13.2 Å². The molecule has 1 aliphatic rings. The fourth-order valence-corrected chi connectivity index (χ4v) is 3.23. The summed E-state index contributed by atoms with van der Waals surface area (Å²) in [6.45, 7) is 7.66. The molecule has 0 amide bonds. The van der Waals surface area contributed by atoms with Gasteiger partial charge in [0.05, 0.1) is 6.10 Å². The van der Waals surface area contributed by atoms with Crippen molar-refractivity contribution in [3.8, 4) is 0 Å². The standard InChI is InChI=1S/C13H29N3O3S/c1-4-7-14-8-5-9-16(3)20(17,18)15-11-13-6-10-19-12(13)2/h12-15H,4-11H2,1-3H3. The van der Waals surface area contributed by atoms with Crippen LogP contribution in [-0.4, -0.2) is 58.7 Å². The molecule has 0 spiro atoms. The molecule has 1 rings (SSSR count). The number of nitrogens with one attached hydrogen (secondary N) is 2. The Labute approximate surface area is 123 Å². The van der Waals surface area contributed by atoms with Crippen LogP contribution < -0.4 is 10.0 Å². The summed E-state index contributed by atoms with van der Waals surface area (Å²) >= 11 is 0. The van der Waals surface area contributed by atoms with Crippen LogP contribution in [-0.2, 0) is 14.9 Å². The zero-order chi connectivity index (χ0) is 15.0. The van der Waals surface area contributed by atoms with Gasteiger partial charge in [0.1, 0.15) is 0 Å². The Balaban J connectivity index is 2.24. The van der Waals surface area contributed by atoms with Crippen molar-refractivity contribution in [1.82, 2.24) is 14.3 Å². The normalized spacial score (nSPS) is 23.6. The molecule has 1 saturated heterocycles. The van der Waals surface area contributed by atoms with E-state index in [0.29, 0.717) is 13.1 Å². The highest BCUT2D eigenvalue weighted by atomic mass is 32.2. The lowest BCUT2D eigenvalue weighted by Gasteiger charge is -2.20. The van der Waals surface area contributed by atoms with E-state index in [1.54, 1.807) is 7.05 Å². The molecule has 0 aromatic carbocycles. The number of ether oxygens (including phenoxy) is 1. The topological polar surface area (TPSA) is 70.7 Å². The summed E-state index contributed by atoms with van der Waals surface area (Å²) in [4.78, 5) is 0. The summed E-state index contributed by atoms with van der Waals surface area (Å²) < 4.78 is 33.6. The van der Waals surface area contributed by atoms with E-state index in [0.717, 1.165) is 39.0 Å². The summed E-state index contributed by atoms with van der Waals surface area (Å²) in [5.74, 6) is 0.282. The maximum atomic E-state index is 12.1. The molecule has 0 saturated carbocycles. The zero-order valence-corrected chi connectivity index (χ0v) is 13.7. The predicted octanol–water partition coefficient (Wildman–Crippen LogP) is 0.567. The highest BCUT2D eigenvalue weighted by molar-refractivity contribution is 7.87. The Morgan fingerprint density at radius 2 is 2.10 bits per heavy atom. The van der Waals surface area contributed by atoms with Gasteiger partial charge in [-0.25, -0.2) is 4.72 Å². The second-order valence-corrected chi connectivity index (χ2v) is 7.27. The lowest BCUT2D eigenvalue weighted by atomic mass is 10.0. The minimum atomic E-state index is -3.36. The molecule has 0 bridgehead atoms. The van der Waals surface area contributed by atoms with Gasteiger partial charge >= 0.3 is 0 Å². The van der Waals surface area contributed by atoms with E-state index in [1.165, 1.54) is 4.31 Å². The first-order valence-electron chi connectivity index (χ1n) is 7.50. The Morgan fingerprint density at radius 1 is 1.35 bits per heavy atom. The Kier molecular flexibility index (Phi) is 7.98. The third-order valence-electron chi connectivity index (χ3n) is 3.72. The first-order chi connectivity index (χ1) is 9.47. The third kappa shape index (κ3) is 6.05. The molecule has 0 aromatic heterocycles. The molecule has 7 heteroatoms. The van der Waals surface area contributed by atoms with Crippen LogP contribution in [0.15, 0.2) is 0 Å². The average molecular weight is 307 g/mol. The quantitative estimate of drug-likeness (QED) is 0.579. The Hall–Kier alpha value is -0.210. The number of hydrogen-bond acceptors (Lipinski definition) is 4. The lowest BCUT2D eigenvalue weighted by Crippen LogP contribution is -2.42. The van der Waals surface area contributed by atoms with E-state index in [2.05, 4.69) is 17.0 Å². The molecule has 120 valence electrons. The monoisotopic (exact) mass is 307 g/mol. The van der Waals surface area contributed by atoms with Crippen LogP contribution in [0.1, 0.15) is 33.1 Å². The largest absolute Gasteiger partial charge is 0.378 e. The van der Waals surface area contributed by atoms with E-state index in [-0.39, 0.29) is 12.0 Å².